The molecule has 6 nitrogen and oxygen atoms in total. The van der Waals surface area contributed by atoms with Gasteiger partial charge in [-0.2, -0.15) is 0 Å². The van der Waals surface area contributed by atoms with E-state index < -0.39 is 0 Å². The predicted molar refractivity (Wildman–Crippen MR) is 119 cm³/mol. The molecule has 0 bridgehead atoms. The number of hydrogen-bond donors (Lipinski definition) is 1. The lowest BCUT2D eigenvalue weighted by Gasteiger charge is -2.21. The van der Waals surface area contributed by atoms with E-state index >= 15 is 0 Å². The number of ether oxygens (including phenoxy) is 2. The lowest BCUT2D eigenvalue weighted by atomic mass is 10.0. The van der Waals surface area contributed by atoms with Crippen molar-refractivity contribution in [1.82, 2.24) is 9.88 Å². The molecule has 2 aromatic carbocycles. The fraction of sp³-hybridized carbons (Fsp3) is 0.280. The first-order valence-corrected chi connectivity index (χ1v) is 10.8. The quantitative estimate of drug-likeness (QED) is 0.648. The molecule has 3 aromatic rings. The van der Waals surface area contributed by atoms with Crippen LogP contribution in [0.2, 0.25) is 0 Å². The number of fused-ring (bicyclic) bond motifs is 1. The summed E-state index contributed by atoms with van der Waals surface area (Å²) in [6.45, 7) is 4.21. The van der Waals surface area contributed by atoms with Gasteiger partial charge in [-0.1, -0.05) is 6.07 Å². The third-order valence-electron chi connectivity index (χ3n) is 5.77. The molecule has 1 atom stereocenters. The lowest BCUT2D eigenvalue weighted by molar-refractivity contribution is 0.0789. The summed E-state index contributed by atoms with van der Waals surface area (Å²) in [5.41, 5.74) is 3.94. The Morgan fingerprint density at radius 1 is 1.06 bits per heavy atom. The van der Waals surface area contributed by atoms with Crippen molar-refractivity contribution in [2.45, 2.75) is 19.3 Å². The van der Waals surface area contributed by atoms with E-state index in [0.29, 0.717) is 49.1 Å². The van der Waals surface area contributed by atoms with Gasteiger partial charge >= 0.3 is 0 Å². The molecular weight excluding hydrogens is 409 g/mol. The van der Waals surface area contributed by atoms with Crippen molar-refractivity contribution in [3.05, 3.63) is 77.4 Å². The van der Waals surface area contributed by atoms with Crippen molar-refractivity contribution in [3.8, 4) is 11.5 Å². The van der Waals surface area contributed by atoms with E-state index in [1.54, 1.807) is 24.3 Å². The van der Waals surface area contributed by atoms with E-state index in [2.05, 4.69) is 5.32 Å². The summed E-state index contributed by atoms with van der Waals surface area (Å²) in [7, 11) is 0. The van der Waals surface area contributed by atoms with E-state index in [1.165, 1.54) is 12.1 Å². The van der Waals surface area contributed by atoms with Crippen LogP contribution in [0.4, 0.5) is 15.8 Å². The summed E-state index contributed by atoms with van der Waals surface area (Å²) in [6.07, 6.45) is 0.839. The topological polar surface area (TPSA) is 63.7 Å². The highest BCUT2D eigenvalue weighted by Crippen LogP contribution is 2.33. The summed E-state index contributed by atoms with van der Waals surface area (Å²) in [5.74, 6) is 1.13. The molecule has 1 aromatic heterocycles. The minimum Gasteiger partial charge on any atom is -0.486 e. The van der Waals surface area contributed by atoms with Crippen molar-refractivity contribution in [2.75, 3.05) is 31.6 Å². The van der Waals surface area contributed by atoms with Gasteiger partial charge < -0.3 is 19.7 Å². The standard InChI is InChI=1S/C25H24FN3O3/c1-16-11-21(28-20-4-2-3-19(26)13-20)14-22(27-16)18-7-8-29(15-18)25(30)17-5-6-23-24(12-17)32-10-9-31-23/h2-6,11-14,18H,7-10,15H2,1H3,(H,27,28). The van der Waals surface area contributed by atoms with E-state index in [0.717, 1.165) is 23.5 Å². The first-order chi connectivity index (χ1) is 15.5. The largest absolute Gasteiger partial charge is 0.486 e. The number of aromatic nitrogens is 1. The molecule has 7 heteroatoms. The molecule has 32 heavy (non-hydrogen) atoms. The van der Waals surface area contributed by atoms with Gasteiger partial charge in [0.1, 0.15) is 19.0 Å². The highest BCUT2D eigenvalue weighted by molar-refractivity contribution is 5.95. The third-order valence-corrected chi connectivity index (χ3v) is 5.77. The Hall–Kier alpha value is -3.61. The first kappa shape index (κ1) is 20.3. The molecule has 0 saturated carbocycles. The Bertz CT molecular complexity index is 1170. The molecule has 0 spiro atoms. The fourth-order valence-electron chi connectivity index (χ4n) is 4.25. The number of nitrogens with zero attached hydrogens (tertiary/aromatic N) is 2. The van der Waals surface area contributed by atoms with Gasteiger partial charge in [-0.3, -0.25) is 9.78 Å². The number of amides is 1. The number of nitrogens with one attached hydrogen (secondary N) is 1. The summed E-state index contributed by atoms with van der Waals surface area (Å²) < 4.78 is 24.7. The van der Waals surface area contributed by atoms with Crippen LogP contribution in [0.25, 0.3) is 0 Å². The normalized spacial score (nSPS) is 17.3. The van der Waals surface area contributed by atoms with Crippen molar-refractivity contribution >= 4 is 17.3 Å². The molecule has 0 radical (unpaired) electrons. The molecule has 1 N–H and O–H groups in total. The van der Waals surface area contributed by atoms with Gasteiger partial charge in [-0.15, -0.1) is 0 Å². The molecule has 0 aliphatic carbocycles. The van der Waals surface area contributed by atoms with Gasteiger partial charge in [0.15, 0.2) is 11.5 Å². The van der Waals surface area contributed by atoms with E-state index in [1.807, 2.05) is 30.0 Å². The SMILES string of the molecule is Cc1cc(Nc2cccc(F)c2)cc(C2CCN(C(=O)c3ccc4c(c3)OCCO4)C2)n1. The molecule has 1 saturated heterocycles. The van der Waals surface area contributed by atoms with Crippen molar-refractivity contribution < 1.29 is 18.7 Å². The number of carbonyl (C=O) groups is 1. The third kappa shape index (κ3) is 4.23. The number of pyridine rings is 1. The Labute approximate surface area is 186 Å². The second kappa shape index (κ2) is 8.49. The minimum atomic E-state index is -0.287. The molecule has 1 unspecified atom stereocenters. The van der Waals surface area contributed by atoms with Gasteiger partial charge in [0.25, 0.3) is 5.91 Å². The summed E-state index contributed by atoms with van der Waals surface area (Å²) in [6, 6.07) is 15.6. The molecule has 2 aliphatic rings. The smallest absolute Gasteiger partial charge is 0.254 e. The zero-order valence-corrected chi connectivity index (χ0v) is 17.8. The molecule has 2 aliphatic heterocycles. The average Bonchev–Trinajstić information content (AvgIpc) is 3.28. The highest BCUT2D eigenvalue weighted by Gasteiger charge is 2.30. The fourth-order valence-corrected chi connectivity index (χ4v) is 4.25. The van der Waals surface area contributed by atoms with Crippen LogP contribution < -0.4 is 14.8 Å². The second-order valence-corrected chi connectivity index (χ2v) is 8.15. The van der Waals surface area contributed by atoms with Crippen molar-refractivity contribution in [3.63, 3.8) is 0 Å². The van der Waals surface area contributed by atoms with Crippen LogP contribution in [0.3, 0.4) is 0 Å². The van der Waals surface area contributed by atoms with Gasteiger partial charge in [0, 0.05) is 47.3 Å². The monoisotopic (exact) mass is 433 g/mol. The van der Waals surface area contributed by atoms with E-state index in [4.69, 9.17) is 14.5 Å². The van der Waals surface area contributed by atoms with Gasteiger partial charge in [0.05, 0.1) is 0 Å². The number of likely N-dealkylation sites (tertiary alicyclic amines) is 1. The summed E-state index contributed by atoms with van der Waals surface area (Å²) >= 11 is 0. The van der Waals surface area contributed by atoms with Crippen LogP contribution in [-0.2, 0) is 0 Å². The Morgan fingerprint density at radius 2 is 1.91 bits per heavy atom. The summed E-state index contributed by atoms with van der Waals surface area (Å²) in [4.78, 5) is 19.6. The van der Waals surface area contributed by atoms with Gasteiger partial charge in [0.2, 0.25) is 0 Å². The lowest BCUT2D eigenvalue weighted by Crippen LogP contribution is -2.28. The molecule has 3 heterocycles. The minimum absolute atomic E-state index is 0.0183. The predicted octanol–water partition coefficient (Wildman–Crippen LogP) is 4.67. The number of anilines is 2. The second-order valence-electron chi connectivity index (χ2n) is 8.15. The number of hydrogen-bond acceptors (Lipinski definition) is 5. The molecule has 164 valence electrons. The van der Waals surface area contributed by atoms with Crippen LogP contribution in [-0.4, -0.2) is 42.1 Å². The average molecular weight is 433 g/mol. The van der Waals surface area contributed by atoms with Crippen LogP contribution >= 0.6 is 0 Å². The van der Waals surface area contributed by atoms with Crippen molar-refractivity contribution in [2.24, 2.45) is 0 Å². The van der Waals surface area contributed by atoms with Crippen LogP contribution in [0.1, 0.15) is 34.1 Å². The first-order valence-electron chi connectivity index (χ1n) is 10.8. The van der Waals surface area contributed by atoms with Gasteiger partial charge in [-0.25, -0.2) is 4.39 Å². The number of benzene rings is 2. The zero-order chi connectivity index (χ0) is 22.1. The van der Waals surface area contributed by atoms with E-state index in [9.17, 15) is 9.18 Å². The van der Waals surface area contributed by atoms with Gasteiger partial charge in [-0.05, 0) is 61.9 Å². The maximum Gasteiger partial charge on any atom is 0.254 e. The molecule has 1 fully saturated rings. The number of carbonyl (C=O) groups excluding carboxylic acids is 1. The Morgan fingerprint density at radius 3 is 2.75 bits per heavy atom. The molecular formula is C25H24FN3O3. The highest BCUT2D eigenvalue weighted by atomic mass is 19.1. The Kier molecular flexibility index (Phi) is 5.39. The zero-order valence-electron chi connectivity index (χ0n) is 17.8. The number of aryl methyl sites for hydroxylation is 1. The van der Waals surface area contributed by atoms with Crippen LogP contribution in [0.15, 0.2) is 54.6 Å². The Balaban J connectivity index is 1.31. The maximum atomic E-state index is 13.5. The van der Waals surface area contributed by atoms with Crippen LogP contribution in [0, 0.1) is 12.7 Å². The number of rotatable bonds is 4. The molecule has 1 amide bonds. The van der Waals surface area contributed by atoms with E-state index in [-0.39, 0.29) is 17.6 Å². The number of halogens is 1. The molecule has 5 rings (SSSR count). The summed E-state index contributed by atoms with van der Waals surface area (Å²) in [5, 5.41) is 3.25. The van der Waals surface area contributed by atoms with Crippen LogP contribution in [0.5, 0.6) is 11.5 Å². The van der Waals surface area contributed by atoms with Crippen molar-refractivity contribution in [1.29, 1.82) is 0 Å². The maximum absolute atomic E-state index is 13.5.